The summed E-state index contributed by atoms with van der Waals surface area (Å²) in [5, 5.41) is 11.9. The molecule has 1 atom stereocenters. The summed E-state index contributed by atoms with van der Waals surface area (Å²) in [7, 11) is 0. The molecule has 1 heterocycles. The number of rotatable bonds is 5. The van der Waals surface area contributed by atoms with Crippen molar-refractivity contribution in [1.29, 1.82) is 5.26 Å². The number of halogens is 1. The molecular weight excluding hydrogens is 255 g/mol. The maximum atomic E-state index is 13.0. The van der Waals surface area contributed by atoms with Crippen LogP contribution < -0.4 is 5.32 Å². The van der Waals surface area contributed by atoms with Crippen molar-refractivity contribution in [3.05, 3.63) is 53.6 Å². The first-order chi connectivity index (χ1) is 9.72. The van der Waals surface area contributed by atoms with Crippen LogP contribution in [0.1, 0.15) is 36.9 Å². The molecule has 0 fully saturated rings. The fraction of sp³-hybridized carbons (Fsp3) is 0.267. The van der Waals surface area contributed by atoms with Crippen LogP contribution in [-0.2, 0) is 0 Å². The highest BCUT2D eigenvalue weighted by atomic mass is 19.1. The molecule has 1 unspecified atom stereocenters. The smallest absolute Gasteiger partial charge is 0.223 e. The fourth-order valence-corrected chi connectivity index (χ4v) is 1.92. The standard InChI is InChI=1S/C15H15FN4/c1-2-3-14(12-4-6-13(16)7-5-12)20-15-18-9-11(8-17)10-19-15/h4-7,9-10,14H,2-3H2,1H3,(H,18,19,20). The Morgan fingerprint density at radius 2 is 1.90 bits per heavy atom. The summed E-state index contributed by atoms with van der Waals surface area (Å²) in [6.45, 7) is 2.08. The quantitative estimate of drug-likeness (QED) is 0.904. The molecule has 0 aliphatic heterocycles. The van der Waals surface area contributed by atoms with Gasteiger partial charge in [0, 0.05) is 0 Å². The van der Waals surface area contributed by atoms with Crippen LogP contribution in [0.3, 0.4) is 0 Å². The summed E-state index contributed by atoms with van der Waals surface area (Å²) < 4.78 is 13.0. The third-order valence-corrected chi connectivity index (χ3v) is 2.93. The molecule has 2 aromatic rings. The highest BCUT2D eigenvalue weighted by molar-refractivity contribution is 5.34. The molecule has 4 nitrogen and oxygen atoms in total. The van der Waals surface area contributed by atoms with Crippen LogP contribution >= 0.6 is 0 Å². The van der Waals surface area contributed by atoms with Crippen molar-refractivity contribution in [2.24, 2.45) is 0 Å². The fourth-order valence-electron chi connectivity index (χ4n) is 1.92. The Morgan fingerprint density at radius 3 is 2.45 bits per heavy atom. The number of nitrogens with one attached hydrogen (secondary N) is 1. The summed E-state index contributed by atoms with van der Waals surface area (Å²) in [6, 6.07) is 8.40. The van der Waals surface area contributed by atoms with Crippen molar-refractivity contribution in [3.63, 3.8) is 0 Å². The Hall–Kier alpha value is -2.48. The van der Waals surface area contributed by atoms with Crippen molar-refractivity contribution in [3.8, 4) is 6.07 Å². The number of hydrogen-bond donors (Lipinski definition) is 1. The van der Waals surface area contributed by atoms with Gasteiger partial charge < -0.3 is 5.32 Å². The van der Waals surface area contributed by atoms with Crippen LogP contribution in [0.15, 0.2) is 36.7 Å². The Labute approximate surface area is 117 Å². The second-order valence-electron chi connectivity index (χ2n) is 4.44. The first-order valence-corrected chi connectivity index (χ1v) is 6.47. The topological polar surface area (TPSA) is 61.6 Å². The lowest BCUT2D eigenvalue weighted by molar-refractivity contribution is 0.622. The average molecular weight is 270 g/mol. The van der Waals surface area contributed by atoms with Crippen LogP contribution in [-0.4, -0.2) is 9.97 Å². The van der Waals surface area contributed by atoms with E-state index in [2.05, 4.69) is 22.2 Å². The molecule has 0 aliphatic rings. The van der Waals surface area contributed by atoms with E-state index in [-0.39, 0.29) is 11.9 Å². The maximum Gasteiger partial charge on any atom is 0.223 e. The highest BCUT2D eigenvalue weighted by Crippen LogP contribution is 2.22. The minimum Gasteiger partial charge on any atom is -0.347 e. The van der Waals surface area contributed by atoms with Gasteiger partial charge in [-0.05, 0) is 24.1 Å². The van der Waals surface area contributed by atoms with E-state index < -0.39 is 0 Å². The molecule has 0 bridgehead atoms. The van der Waals surface area contributed by atoms with E-state index >= 15 is 0 Å². The Balaban J connectivity index is 2.16. The van der Waals surface area contributed by atoms with Gasteiger partial charge in [0.05, 0.1) is 24.0 Å². The van der Waals surface area contributed by atoms with Gasteiger partial charge in [0.1, 0.15) is 11.9 Å². The van der Waals surface area contributed by atoms with E-state index in [1.807, 2.05) is 6.07 Å². The molecule has 0 amide bonds. The number of hydrogen-bond acceptors (Lipinski definition) is 4. The molecule has 1 N–H and O–H groups in total. The molecule has 20 heavy (non-hydrogen) atoms. The van der Waals surface area contributed by atoms with Gasteiger partial charge in [-0.1, -0.05) is 25.5 Å². The van der Waals surface area contributed by atoms with Crippen molar-refractivity contribution >= 4 is 5.95 Å². The second-order valence-corrected chi connectivity index (χ2v) is 4.44. The Bertz CT molecular complexity index is 587. The van der Waals surface area contributed by atoms with E-state index in [4.69, 9.17) is 5.26 Å². The molecule has 2 rings (SSSR count). The zero-order valence-corrected chi connectivity index (χ0v) is 11.2. The molecule has 0 radical (unpaired) electrons. The number of anilines is 1. The molecule has 0 spiro atoms. The lowest BCUT2D eigenvalue weighted by Gasteiger charge is -2.18. The number of aromatic nitrogens is 2. The molecule has 0 saturated carbocycles. The predicted molar refractivity (Wildman–Crippen MR) is 74.4 cm³/mol. The monoisotopic (exact) mass is 270 g/mol. The van der Waals surface area contributed by atoms with Gasteiger partial charge in [-0.15, -0.1) is 0 Å². The van der Waals surface area contributed by atoms with Crippen LogP contribution in [0.2, 0.25) is 0 Å². The lowest BCUT2D eigenvalue weighted by atomic mass is 10.0. The molecule has 1 aromatic heterocycles. The Morgan fingerprint density at radius 1 is 1.25 bits per heavy atom. The second kappa shape index (κ2) is 6.62. The summed E-state index contributed by atoms with van der Waals surface area (Å²) in [6.07, 6.45) is 4.81. The predicted octanol–water partition coefficient (Wildman–Crippen LogP) is 3.44. The number of nitriles is 1. The Kier molecular flexibility index (Phi) is 4.61. The summed E-state index contributed by atoms with van der Waals surface area (Å²) in [4.78, 5) is 8.19. The largest absolute Gasteiger partial charge is 0.347 e. The van der Waals surface area contributed by atoms with Gasteiger partial charge in [0.15, 0.2) is 0 Å². The molecule has 0 saturated heterocycles. The third-order valence-electron chi connectivity index (χ3n) is 2.93. The van der Waals surface area contributed by atoms with E-state index in [1.165, 1.54) is 24.5 Å². The SMILES string of the molecule is CCCC(Nc1ncc(C#N)cn1)c1ccc(F)cc1. The number of nitrogens with zero attached hydrogens (tertiary/aromatic N) is 3. The first-order valence-electron chi connectivity index (χ1n) is 6.47. The third kappa shape index (κ3) is 3.51. The normalized spacial score (nSPS) is 11.7. The van der Waals surface area contributed by atoms with Crippen molar-refractivity contribution in [2.45, 2.75) is 25.8 Å². The minimum atomic E-state index is -0.251. The van der Waals surface area contributed by atoms with Crippen LogP contribution in [0.4, 0.5) is 10.3 Å². The van der Waals surface area contributed by atoms with Gasteiger partial charge in [-0.3, -0.25) is 0 Å². The van der Waals surface area contributed by atoms with Crippen molar-refractivity contribution in [2.75, 3.05) is 5.32 Å². The zero-order valence-electron chi connectivity index (χ0n) is 11.2. The van der Waals surface area contributed by atoms with Gasteiger partial charge >= 0.3 is 0 Å². The van der Waals surface area contributed by atoms with Gasteiger partial charge in [0.2, 0.25) is 5.95 Å². The van der Waals surface area contributed by atoms with E-state index in [9.17, 15) is 4.39 Å². The van der Waals surface area contributed by atoms with E-state index in [0.29, 0.717) is 11.5 Å². The summed E-state index contributed by atoms with van der Waals surface area (Å²) in [5.41, 5.74) is 1.41. The van der Waals surface area contributed by atoms with Gasteiger partial charge in [-0.2, -0.15) is 5.26 Å². The van der Waals surface area contributed by atoms with Crippen LogP contribution in [0.5, 0.6) is 0 Å². The molecule has 1 aromatic carbocycles. The van der Waals surface area contributed by atoms with Crippen LogP contribution in [0, 0.1) is 17.1 Å². The van der Waals surface area contributed by atoms with E-state index in [1.54, 1.807) is 12.1 Å². The molecular formula is C15H15FN4. The zero-order chi connectivity index (χ0) is 14.4. The van der Waals surface area contributed by atoms with Gasteiger partial charge in [-0.25, -0.2) is 14.4 Å². The summed E-state index contributed by atoms with van der Waals surface area (Å²) >= 11 is 0. The maximum absolute atomic E-state index is 13.0. The minimum absolute atomic E-state index is 0.0218. The summed E-state index contributed by atoms with van der Waals surface area (Å²) in [5.74, 6) is 0.213. The number of benzene rings is 1. The molecule has 0 aliphatic carbocycles. The van der Waals surface area contributed by atoms with E-state index in [0.717, 1.165) is 18.4 Å². The first kappa shape index (κ1) is 13.9. The highest BCUT2D eigenvalue weighted by Gasteiger charge is 2.12. The van der Waals surface area contributed by atoms with Crippen molar-refractivity contribution in [1.82, 2.24) is 9.97 Å². The molecule has 102 valence electrons. The van der Waals surface area contributed by atoms with Crippen molar-refractivity contribution < 1.29 is 4.39 Å². The van der Waals surface area contributed by atoms with Crippen LogP contribution in [0.25, 0.3) is 0 Å². The molecule has 5 heteroatoms. The van der Waals surface area contributed by atoms with Gasteiger partial charge in [0.25, 0.3) is 0 Å². The average Bonchev–Trinajstić information content (AvgIpc) is 2.48. The lowest BCUT2D eigenvalue weighted by Crippen LogP contribution is -2.12.